The lowest BCUT2D eigenvalue weighted by molar-refractivity contribution is -0.117. The van der Waals surface area contributed by atoms with Gasteiger partial charge in [0, 0.05) is 27.7 Å². The molecule has 0 aliphatic heterocycles. The number of halogens is 1. The summed E-state index contributed by atoms with van der Waals surface area (Å²) in [4.78, 5) is 24.8. The van der Waals surface area contributed by atoms with Gasteiger partial charge in [0.05, 0.1) is 11.4 Å². The summed E-state index contributed by atoms with van der Waals surface area (Å²) >= 11 is 3.44. The van der Waals surface area contributed by atoms with Gasteiger partial charge in [-0.05, 0) is 74.2 Å². The first-order valence-corrected chi connectivity index (χ1v) is 10.8. The van der Waals surface area contributed by atoms with Crippen LogP contribution >= 0.6 is 15.9 Å². The third kappa shape index (κ3) is 4.00. The van der Waals surface area contributed by atoms with Gasteiger partial charge in [0.15, 0.2) is 5.69 Å². The van der Waals surface area contributed by atoms with Crippen molar-refractivity contribution in [1.82, 2.24) is 15.0 Å². The molecule has 0 atom stereocenters. The summed E-state index contributed by atoms with van der Waals surface area (Å²) in [5.41, 5.74) is 3.45. The molecule has 2 aliphatic rings. The van der Waals surface area contributed by atoms with E-state index in [4.69, 9.17) is 0 Å². The number of carbonyl (C=O) groups is 2. The Kier molecular flexibility index (Phi) is 4.86. The Morgan fingerprint density at radius 3 is 2.13 bits per heavy atom. The normalized spacial score (nSPS) is 15.6. The fourth-order valence-electron chi connectivity index (χ4n) is 3.36. The number of benzene rings is 2. The minimum Gasteiger partial charge on any atom is -0.326 e. The van der Waals surface area contributed by atoms with Crippen LogP contribution in [0.1, 0.15) is 47.8 Å². The first kappa shape index (κ1) is 19.0. The van der Waals surface area contributed by atoms with E-state index in [1.165, 1.54) is 0 Å². The van der Waals surface area contributed by atoms with E-state index in [1.807, 2.05) is 24.3 Å². The summed E-state index contributed by atoms with van der Waals surface area (Å²) < 4.78 is 2.74. The van der Waals surface area contributed by atoms with Gasteiger partial charge >= 0.3 is 0 Å². The Balaban J connectivity index is 1.33. The lowest BCUT2D eigenvalue weighted by Crippen LogP contribution is -2.16. The van der Waals surface area contributed by atoms with Crippen molar-refractivity contribution < 1.29 is 9.59 Å². The van der Waals surface area contributed by atoms with Crippen molar-refractivity contribution in [3.8, 4) is 5.69 Å². The van der Waals surface area contributed by atoms with Crippen LogP contribution in [-0.4, -0.2) is 26.8 Å². The number of hydrogen-bond acceptors (Lipinski definition) is 4. The summed E-state index contributed by atoms with van der Waals surface area (Å²) in [5.74, 6) is 0.225. The molecule has 7 nitrogen and oxygen atoms in total. The largest absolute Gasteiger partial charge is 0.326 e. The van der Waals surface area contributed by atoms with Gasteiger partial charge in [0.2, 0.25) is 5.91 Å². The lowest BCUT2D eigenvalue weighted by Gasteiger charge is -2.09. The highest BCUT2D eigenvalue weighted by Crippen LogP contribution is 2.42. The van der Waals surface area contributed by atoms with E-state index in [1.54, 1.807) is 28.9 Å². The summed E-state index contributed by atoms with van der Waals surface area (Å²) in [6.07, 6.45) is 3.98. The van der Waals surface area contributed by atoms with Gasteiger partial charge in [-0.3, -0.25) is 9.59 Å². The smallest absolute Gasteiger partial charge is 0.278 e. The number of hydrogen-bond donors (Lipinski definition) is 2. The van der Waals surface area contributed by atoms with Crippen molar-refractivity contribution in [1.29, 1.82) is 0 Å². The maximum atomic E-state index is 12.9. The van der Waals surface area contributed by atoms with Gasteiger partial charge in [0.1, 0.15) is 0 Å². The molecule has 0 unspecified atom stereocenters. The zero-order valence-corrected chi connectivity index (χ0v) is 17.7. The Labute approximate surface area is 182 Å². The first-order chi connectivity index (χ1) is 14.6. The van der Waals surface area contributed by atoms with E-state index < -0.39 is 0 Å². The molecule has 1 aromatic heterocycles. The maximum absolute atomic E-state index is 12.9. The molecule has 2 N–H and O–H groups in total. The van der Waals surface area contributed by atoms with E-state index in [0.29, 0.717) is 17.3 Å². The molecule has 2 aromatic carbocycles. The minimum absolute atomic E-state index is 0.0606. The Morgan fingerprint density at radius 1 is 0.900 bits per heavy atom. The van der Waals surface area contributed by atoms with E-state index in [0.717, 1.165) is 47.2 Å². The predicted octanol–water partition coefficient (Wildman–Crippen LogP) is 4.51. The molecule has 0 radical (unpaired) electrons. The number of anilines is 2. The highest BCUT2D eigenvalue weighted by atomic mass is 79.9. The molecule has 1 heterocycles. The van der Waals surface area contributed by atoms with E-state index >= 15 is 0 Å². The second kappa shape index (κ2) is 7.68. The summed E-state index contributed by atoms with van der Waals surface area (Å²) in [6.45, 7) is 0. The highest BCUT2D eigenvalue weighted by molar-refractivity contribution is 9.10. The lowest BCUT2D eigenvalue weighted by atomic mass is 10.2. The van der Waals surface area contributed by atoms with Crippen molar-refractivity contribution >= 4 is 39.1 Å². The summed E-state index contributed by atoms with van der Waals surface area (Å²) in [7, 11) is 0. The van der Waals surface area contributed by atoms with Crippen molar-refractivity contribution in [2.75, 3.05) is 10.6 Å². The topological polar surface area (TPSA) is 88.9 Å². The van der Waals surface area contributed by atoms with Crippen LogP contribution in [0.3, 0.4) is 0 Å². The molecule has 3 aromatic rings. The van der Waals surface area contributed by atoms with Crippen LogP contribution in [0, 0.1) is 5.92 Å². The molecular formula is C22H20BrN5O2. The van der Waals surface area contributed by atoms with Crippen LogP contribution < -0.4 is 10.6 Å². The molecule has 0 spiro atoms. The molecule has 8 heteroatoms. The summed E-state index contributed by atoms with van der Waals surface area (Å²) in [5, 5.41) is 14.2. The van der Waals surface area contributed by atoms with Gasteiger partial charge in [-0.2, -0.15) is 0 Å². The van der Waals surface area contributed by atoms with Crippen LogP contribution in [0.25, 0.3) is 5.69 Å². The molecule has 30 heavy (non-hydrogen) atoms. The quantitative estimate of drug-likeness (QED) is 0.560. The molecule has 0 saturated heterocycles. The van der Waals surface area contributed by atoms with Gasteiger partial charge in [0.25, 0.3) is 5.91 Å². The standard InChI is InChI=1S/C22H20BrN5O2/c23-15-5-11-18(12-6-15)28-20(13-1-2-13)19(26-27-28)22(30)25-17-9-7-16(8-10-17)24-21(29)14-3-4-14/h5-14H,1-4H2,(H,24,29)(H,25,30). The second-order valence-electron chi connectivity index (χ2n) is 7.78. The van der Waals surface area contributed by atoms with Crippen LogP contribution in [0.4, 0.5) is 11.4 Å². The third-order valence-corrected chi connectivity index (χ3v) is 5.84. The monoisotopic (exact) mass is 465 g/mol. The minimum atomic E-state index is -0.282. The van der Waals surface area contributed by atoms with Gasteiger partial charge < -0.3 is 10.6 Å². The maximum Gasteiger partial charge on any atom is 0.278 e. The van der Waals surface area contributed by atoms with Crippen molar-refractivity contribution in [3.63, 3.8) is 0 Å². The average Bonchev–Trinajstić information content (AvgIpc) is 3.67. The fourth-order valence-corrected chi connectivity index (χ4v) is 3.63. The zero-order valence-electron chi connectivity index (χ0n) is 16.1. The van der Waals surface area contributed by atoms with E-state index in [9.17, 15) is 9.59 Å². The molecule has 0 bridgehead atoms. The fraction of sp³-hybridized carbons (Fsp3) is 0.273. The molecule has 2 saturated carbocycles. The van der Waals surface area contributed by atoms with Crippen LogP contribution in [0.2, 0.25) is 0 Å². The Morgan fingerprint density at radius 2 is 1.53 bits per heavy atom. The molecule has 2 amide bonds. The molecule has 2 fully saturated rings. The Hall–Kier alpha value is -3.00. The van der Waals surface area contributed by atoms with Crippen molar-refractivity contribution in [2.45, 2.75) is 31.6 Å². The van der Waals surface area contributed by atoms with E-state index in [-0.39, 0.29) is 17.7 Å². The number of rotatable bonds is 6. The number of carbonyl (C=O) groups excluding carboxylic acids is 2. The Bertz CT molecular complexity index is 1100. The van der Waals surface area contributed by atoms with Gasteiger partial charge in [-0.1, -0.05) is 21.1 Å². The SMILES string of the molecule is O=C(Nc1ccc(NC(=O)C2CC2)cc1)c1nnn(-c2ccc(Br)cc2)c1C1CC1. The summed E-state index contributed by atoms with van der Waals surface area (Å²) in [6, 6.07) is 14.9. The van der Waals surface area contributed by atoms with Crippen molar-refractivity contribution in [2.24, 2.45) is 5.92 Å². The molecule has 2 aliphatic carbocycles. The molecule has 152 valence electrons. The average molecular weight is 466 g/mol. The van der Waals surface area contributed by atoms with Crippen LogP contribution in [0.15, 0.2) is 53.0 Å². The van der Waals surface area contributed by atoms with Gasteiger partial charge in [-0.15, -0.1) is 5.10 Å². The first-order valence-electron chi connectivity index (χ1n) is 10.0. The molecular weight excluding hydrogens is 446 g/mol. The third-order valence-electron chi connectivity index (χ3n) is 5.31. The number of aromatic nitrogens is 3. The highest BCUT2D eigenvalue weighted by Gasteiger charge is 2.34. The van der Waals surface area contributed by atoms with E-state index in [2.05, 4.69) is 36.9 Å². The van der Waals surface area contributed by atoms with Crippen LogP contribution in [-0.2, 0) is 4.79 Å². The zero-order chi connectivity index (χ0) is 20.7. The molecule has 5 rings (SSSR count). The number of nitrogens with zero attached hydrogens (tertiary/aromatic N) is 3. The number of amides is 2. The second-order valence-corrected chi connectivity index (χ2v) is 8.70. The van der Waals surface area contributed by atoms with Crippen molar-refractivity contribution in [3.05, 3.63) is 64.4 Å². The predicted molar refractivity (Wildman–Crippen MR) is 117 cm³/mol. The van der Waals surface area contributed by atoms with Gasteiger partial charge in [-0.25, -0.2) is 4.68 Å². The number of nitrogens with one attached hydrogen (secondary N) is 2. The van der Waals surface area contributed by atoms with Crippen LogP contribution in [0.5, 0.6) is 0 Å².